The van der Waals surface area contributed by atoms with Crippen LogP contribution in [0.25, 0.3) is 0 Å². The third kappa shape index (κ3) is 4.04. The number of rotatable bonds is 5. The molecule has 0 aliphatic carbocycles. The second-order valence-electron chi connectivity index (χ2n) is 6.92. The van der Waals surface area contributed by atoms with E-state index in [1.165, 1.54) is 11.1 Å². The van der Waals surface area contributed by atoms with Crippen LogP contribution >= 0.6 is 0 Å². The first-order valence-corrected chi connectivity index (χ1v) is 8.72. The summed E-state index contributed by atoms with van der Waals surface area (Å²) >= 11 is 0. The van der Waals surface area contributed by atoms with Gasteiger partial charge < -0.3 is 9.80 Å². The summed E-state index contributed by atoms with van der Waals surface area (Å²) in [7, 11) is 4.11. The van der Waals surface area contributed by atoms with Crippen LogP contribution in [0.4, 0.5) is 0 Å². The number of nitrogens with zero attached hydrogens (tertiary/aromatic N) is 2. The number of benzene rings is 2. The number of carbonyl (C=O) groups is 1. The molecule has 0 spiro atoms. The molecule has 0 bridgehead atoms. The molecule has 1 aliphatic heterocycles. The maximum atomic E-state index is 12.9. The molecule has 0 radical (unpaired) electrons. The minimum atomic E-state index is 0.171. The summed E-state index contributed by atoms with van der Waals surface area (Å²) in [4.78, 5) is 17.1. The summed E-state index contributed by atoms with van der Waals surface area (Å²) in [6.07, 6.45) is 3.15. The van der Waals surface area contributed by atoms with Crippen molar-refractivity contribution in [1.82, 2.24) is 9.80 Å². The second-order valence-corrected chi connectivity index (χ2v) is 6.92. The van der Waals surface area contributed by atoms with E-state index in [1.807, 2.05) is 18.2 Å². The lowest BCUT2D eigenvalue weighted by Gasteiger charge is -2.25. The summed E-state index contributed by atoms with van der Waals surface area (Å²) in [5.74, 6) is 0.171. The first-order chi connectivity index (χ1) is 11.6. The average molecular weight is 322 g/mol. The zero-order valence-electron chi connectivity index (χ0n) is 14.6. The Morgan fingerprint density at radius 1 is 1.04 bits per heavy atom. The molecule has 2 aromatic carbocycles. The second kappa shape index (κ2) is 7.63. The van der Waals surface area contributed by atoms with Crippen molar-refractivity contribution >= 4 is 5.91 Å². The third-order valence-electron chi connectivity index (χ3n) is 4.65. The largest absolute Gasteiger partial charge is 0.335 e. The summed E-state index contributed by atoms with van der Waals surface area (Å²) in [6.45, 7) is 1.77. The highest BCUT2D eigenvalue weighted by molar-refractivity contribution is 5.94. The molecule has 1 fully saturated rings. The molecule has 1 heterocycles. The van der Waals surface area contributed by atoms with Crippen LogP contribution in [-0.4, -0.2) is 42.4 Å². The zero-order chi connectivity index (χ0) is 16.9. The molecule has 3 heteroatoms. The van der Waals surface area contributed by atoms with Gasteiger partial charge in [-0.3, -0.25) is 4.79 Å². The molecule has 1 aliphatic rings. The SMILES string of the molecule is CN(C)Cc1ccc(C(=O)N2CCCC2Cc2ccccc2)cc1. The van der Waals surface area contributed by atoms with Gasteiger partial charge in [-0.05, 0) is 56.6 Å². The molecule has 0 saturated carbocycles. The van der Waals surface area contributed by atoms with Gasteiger partial charge in [0, 0.05) is 24.7 Å². The number of carbonyl (C=O) groups excluding carboxylic acids is 1. The Morgan fingerprint density at radius 3 is 2.42 bits per heavy atom. The van der Waals surface area contributed by atoms with Gasteiger partial charge in [0.15, 0.2) is 0 Å². The number of hydrogen-bond acceptors (Lipinski definition) is 2. The molecule has 1 saturated heterocycles. The maximum absolute atomic E-state index is 12.9. The van der Waals surface area contributed by atoms with E-state index in [4.69, 9.17) is 0 Å². The van der Waals surface area contributed by atoms with Crippen LogP contribution in [0.2, 0.25) is 0 Å². The molecule has 24 heavy (non-hydrogen) atoms. The van der Waals surface area contributed by atoms with Crippen LogP contribution in [0.15, 0.2) is 54.6 Å². The van der Waals surface area contributed by atoms with Crippen LogP contribution in [0.1, 0.15) is 34.3 Å². The van der Waals surface area contributed by atoms with Crippen molar-refractivity contribution in [2.75, 3.05) is 20.6 Å². The van der Waals surface area contributed by atoms with Crippen molar-refractivity contribution in [3.05, 3.63) is 71.3 Å². The lowest BCUT2D eigenvalue weighted by Crippen LogP contribution is -2.36. The molecule has 1 atom stereocenters. The van der Waals surface area contributed by atoms with Gasteiger partial charge in [-0.2, -0.15) is 0 Å². The van der Waals surface area contributed by atoms with Crippen LogP contribution in [0.3, 0.4) is 0 Å². The summed E-state index contributed by atoms with van der Waals surface area (Å²) in [6, 6.07) is 18.9. The minimum absolute atomic E-state index is 0.171. The molecule has 1 unspecified atom stereocenters. The van der Waals surface area contributed by atoms with E-state index in [9.17, 15) is 4.79 Å². The monoisotopic (exact) mass is 322 g/mol. The Labute approximate surface area is 144 Å². The molecule has 2 aromatic rings. The van der Waals surface area contributed by atoms with E-state index in [1.54, 1.807) is 0 Å². The van der Waals surface area contributed by atoms with Gasteiger partial charge in [0.05, 0.1) is 0 Å². The molecular formula is C21H26N2O. The van der Waals surface area contributed by atoms with E-state index in [-0.39, 0.29) is 5.91 Å². The Balaban J connectivity index is 1.69. The molecule has 0 aromatic heterocycles. The van der Waals surface area contributed by atoms with E-state index >= 15 is 0 Å². The van der Waals surface area contributed by atoms with Crippen molar-refractivity contribution in [2.45, 2.75) is 31.8 Å². The van der Waals surface area contributed by atoms with Crippen LogP contribution < -0.4 is 0 Å². The fraction of sp³-hybridized carbons (Fsp3) is 0.381. The molecule has 0 N–H and O–H groups in total. The normalized spacial score (nSPS) is 17.5. The maximum Gasteiger partial charge on any atom is 0.254 e. The summed E-state index contributed by atoms with van der Waals surface area (Å²) < 4.78 is 0. The van der Waals surface area contributed by atoms with E-state index < -0.39 is 0 Å². The molecular weight excluding hydrogens is 296 g/mol. The first-order valence-electron chi connectivity index (χ1n) is 8.72. The van der Waals surface area contributed by atoms with Crippen LogP contribution in [0.5, 0.6) is 0 Å². The van der Waals surface area contributed by atoms with Gasteiger partial charge in [-0.15, -0.1) is 0 Å². The Kier molecular flexibility index (Phi) is 5.31. The van der Waals surface area contributed by atoms with Crippen LogP contribution in [0, 0.1) is 0 Å². The zero-order valence-corrected chi connectivity index (χ0v) is 14.6. The van der Waals surface area contributed by atoms with Crippen molar-refractivity contribution in [3.8, 4) is 0 Å². The van der Waals surface area contributed by atoms with E-state index in [0.29, 0.717) is 6.04 Å². The lowest BCUT2D eigenvalue weighted by atomic mass is 10.0. The average Bonchev–Trinajstić information content (AvgIpc) is 3.03. The Hall–Kier alpha value is -2.13. The van der Waals surface area contributed by atoms with Gasteiger partial charge >= 0.3 is 0 Å². The molecule has 1 amide bonds. The summed E-state index contributed by atoms with van der Waals surface area (Å²) in [5, 5.41) is 0. The van der Waals surface area contributed by atoms with Gasteiger partial charge in [-0.1, -0.05) is 42.5 Å². The first kappa shape index (κ1) is 16.7. The highest BCUT2D eigenvalue weighted by Crippen LogP contribution is 2.23. The molecule has 126 valence electrons. The smallest absolute Gasteiger partial charge is 0.254 e. The standard InChI is InChI=1S/C21H26N2O/c1-22(2)16-18-10-12-19(13-11-18)21(24)23-14-6-9-20(23)15-17-7-4-3-5-8-17/h3-5,7-8,10-13,20H,6,9,14-16H2,1-2H3. The number of likely N-dealkylation sites (tertiary alicyclic amines) is 1. The quantitative estimate of drug-likeness (QED) is 0.840. The predicted molar refractivity (Wildman–Crippen MR) is 98.0 cm³/mol. The molecule has 3 nitrogen and oxygen atoms in total. The van der Waals surface area contributed by atoms with E-state index in [0.717, 1.165) is 37.9 Å². The number of hydrogen-bond donors (Lipinski definition) is 0. The molecule has 3 rings (SSSR count). The van der Waals surface area contributed by atoms with Gasteiger partial charge in [-0.25, -0.2) is 0 Å². The Morgan fingerprint density at radius 2 is 1.75 bits per heavy atom. The van der Waals surface area contributed by atoms with Gasteiger partial charge in [0.2, 0.25) is 0 Å². The minimum Gasteiger partial charge on any atom is -0.335 e. The highest BCUT2D eigenvalue weighted by Gasteiger charge is 2.29. The highest BCUT2D eigenvalue weighted by atomic mass is 16.2. The fourth-order valence-electron chi connectivity index (χ4n) is 3.49. The van der Waals surface area contributed by atoms with Crippen molar-refractivity contribution in [2.24, 2.45) is 0 Å². The predicted octanol–water partition coefficient (Wildman–Crippen LogP) is 3.60. The Bertz CT molecular complexity index is 664. The lowest BCUT2D eigenvalue weighted by molar-refractivity contribution is 0.0736. The summed E-state index contributed by atoms with van der Waals surface area (Å²) in [5.41, 5.74) is 3.35. The van der Waals surface area contributed by atoms with Crippen molar-refractivity contribution < 1.29 is 4.79 Å². The van der Waals surface area contributed by atoms with Gasteiger partial charge in [0.1, 0.15) is 0 Å². The van der Waals surface area contributed by atoms with E-state index in [2.05, 4.69) is 60.3 Å². The fourth-order valence-corrected chi connectivity index (χ4v) is 3.49. The topological polar surface area (TPSA) is 23.6 Å². The number of amides is 1. The van der Waals surface area contributed by atoms with Crippen molar-refractivity contribution in [3.63, 3.8) is 0 Å². The van der Waals surface area contributed by atoms with Gasteiger partial charge in [0.25, 0.3) is 5.91 Å². The third-order valence-corrected chi connectivity index (χ3v) is 4.65. The van der Waals surface area contributed by atoms with Crippen molar-refractivity contribution in [1.29, 1.82) is 0 Å². The van der Waals surface area contributed by atoms with Crippen LogP contribution in [-0.2, 0) is 13.0 Å².